The van der Waals surface area contributed by atoms with Gasteiger partial charge in [-0.1, -0.05) is 0 Å². The summed E-state index contributed by atoms with van der Waals surface area (Å²) in [6, 6.07) is 10.6. The quantitative estimate of drug-likeness (QED) is 0.331. The molecule has 0 heterocycles. The molecule has 2 aromatic carbocycles. The van der Waals surface area contributed by atoms with Crippen LogP contribution in [0.1, 0.15) is 11.1 Å². The summed E-state index contributed by atoms with van der Waals surface area (Å²) in [6.45, 7) is -0.493. The van der Waals surface area contributed by atoms with Crippen LogP contribution in [-0.4, -0.2) is 21.8 Å². The van der Waals surface area contributed by atoms with Crippen LogP contribution in [0.4, 0.5) is 11.4 Å². The van der Waals surface area contributed by atoms with Crippen LogP contribution in [-0.2, 0) is 32.3 Å². The van der Waals surface area contributed by atoms with Crippen LogP contribution in [0.25, 0.3) is 0 Å². The molecule has 0 aliphatic carbocycles. The zero-order valence-corrected chi connectivity index (χ0v) is 13.2. The van der Waals surface area contributed by atoms with Crippen molar-refractivity contribution in [1.82, 2.24) is 0 Å². The Bertz CT molecular complexity index is 759. The van der Waals surface area contributed by atoms with Crippen LogP contribution >= 0.6 is 0 Å². The molecule has 10 nitrogen and oxygen atoms in total. The monoisotopic (exact) mass is 360 g/mol. The minimum Gasteiger partial charge on any atom is -0.452 e. The normalized spacial score (nSPS) is 10.0. The van der Waals surface area contributed by atoms with Crippen molar-refractivity contribution in [2.45, 2.75) is 13.2 Å². The highest BCUT2D eigenvalue weighted by molar-refractivity contribution is 6.29. The smallest absolute Gasteiger partial charge is 0.417 e. The van der Waals surface area contributed by atoms with Gasteiger partial charge in [-0.2, -0.15) is 0 Å². The lowest BCUT2D eigenvalue weighted by molar-refractivity contribution is -0.385. The van der Waals surface area contributed by atoms with E-state index in [9.17, 15) is 29.8 Å². The number of carbonyl (C=O) groups is 2. The molecule has 0 saturated carbocycles. The van der Waals surface area contributed by atoms with E-state index in [0.29, 0.717) is 11.1 Å². The van der Waals surface area contributed by atoms with E-state index in [0.717, 1.165) is 0 Å². The summed E-state index contributed by atoms with van der Waals surface area (Å²) in [4.78, 5) is 43.1. The molecule has 0 atom stereocenters. The number of nitrogens with zero attached hydrogens (tertiary/aromatic N) is 2. The van der Waals surface area contributed by atoms with Gasteiger partial charge >= 0.3 is 11.9 Å². The molecule has 0 spiro atoms. The van der Waals surface area contributed by atoms with E-state index in [4.69, 9.17) is 9.47 Å². The second-order valence-corrected chi connectivity index (χ2v) is 5.00. The van der Waals surface area contributed by atoms with Gasteiger partial charge in [0.1, 0.15) is 13.2 Å². The Hall–Kier alpha value is -3.82. The van der Waals surface area contributed by atoms with Crippen LogP contribution in [0, 0.1) is 20.2 Å². The Kier molecular flexibility index (Phi) is 5.93. The number of benzene rings is 2. The van der Waals surface area contributed by atoms with E-state index in [2.05, 4.69) is 0 Å². The number of nitro groups is 2. The first-order valence-corrected chi connectivity index (χ1v) is 7.17. The van der Waals surface area contributed by atoms with Crippen LogP contribution in [0.5, 0.6) is 0 Å². The molecule has 0 bridgehead atoms. The highest BCUT2D eigenvalue weighted by atomic mass is 16.6. The first-order valence-electron chi connectivity index (χ1n) is 7.17. The topological polar surface area (TPSA) is 139 Å². The van der Waals surface area contributed by atoms with Crippen LogP contribution < -0.4 is 0 Å². The van der Waals surface area contributed by atoms with Crippen LogP contribution in [0.2, 0.25) is 0 Å². The fourth-order valence-electron chi connectivity index (χ4n) is 1.84. The minimum absolute atomic E-state index is 0.109. The molecule has 10 heteroatoms. The predicted molar refractivity (Wildman–Crippen MR) is 85.8 cm³/mol. The Morgan fingerprint density at radius 2 is 1.00 bits per heavy atom. The average Bonchev–Trinajstić information content (AvgIpc) is 2.64. The van der Waals surface area contributed by atoms with Crippen LogP contribution in [0.15, 0.2) is 48.5 Å². The number of nitro benzene ring substituents is 2. The molecule has 0 unspecified atom stereocenters. The largest absolute Gasteiger partial charge is 0.452 e. The van der Waals surface area contributed by atoms with Gasteiger partial charge in [-0.05, 0) is 35.4 Å². The van der Waals surface area contributed by atoms with Gasteiger partial charge < -0.3 is 9.47 Å². The number of carbonyl (C=O) groups excluding carboxylic acids is 2. The number of hydrogen-bond acceptors (Lipinski definition) is 8. The molecule has 0 radical (unpaired) electrons. The third-order valence-electron chi connectivity index (χ3n) is 3.20. The van der Waals surface area contributed by atoms with Gasteiger partial charge in [0.05, 0.1) is 9.85 Å². The van der Waals surface area contributed by atoms with Crippen LogP contribution in [0.3, 0.4) is 0 Å². The van der Waals surface area contributed by atoms with Gasteiger partial charge in [0.2, 0.25) is 0 Å². The summed E-state index contributed by atoms with van der Waals surface area (Å²) in [6.07, 6.45) is 0. The van der Waals surface area contributed by atoms with E-state index in [-0.39, 0.29) is 24.6 Å². The third-order valence-corrected chi connectivity index (χ3v) is 3.20. The fourth-order valence-corrected chi connectivity index (χ4v) is 1.84. The molecule has 0 saturated heterocycles. The van der Waals surface area contributed by atoms with Crippen molar-refractivity contribution in [2.24, 2.45) is 0 Å². The molecule has 0 aliphatic heterocycles. The predicted octanol–water partition coefficient (Wildman–Crippen LogP) is 2.29. The Morgan fingerprint density at radius 3 is 1.27 bits per heavy atom. The number of hydrogen-bond donors (Lipinski definition) is 0. The van der Waals surface area contributed by atoms with Crippen molar-refractivity contribution in [3.8, 4) is 0 Å². The van der Waals surface area contributed by atoms with Crippen molar-refractivity contribution in [3.05, 3.63) is 79.9 Å². The maximum atomic E-state index is 11.6. The van der Waals surface area contributed by atoms with Gasteiger partial charge in [-0.25, -0.2) is 9.59 Å². The molecule has 2 aromatic rings. The lowest BCUT2D eigenvalue weighted by atomic mass is 10.2. The molecule has 2 rings (SSSR count). The van der Waals surface area contributed by atoms with E-state index in [1.807, 2.05) is 0 Å². The van der Waals surface area contributed by atoms with Gasteiger partial charge in [-0.15, -0.1) is 0 Å². The second-order valence-electron chi connectivity index (χ2n) is 5.00. The summed E-state index contributed by atoms with van der Waals surface area (Å²) in [5, 5.41) is 21.1. The zero-order chi connectivity index (χ0) is 19.1. The number of non-ortho nitro benzene ring substituents is 2. The van der Waals surface area contributed by atoms with Crippen molar-refractivity contribution in [2.75, 3.05) is 0 Å². The second kappa shape index (κ2) is 8.33. The maximum Gasteiger partial charge on any atom is 0.417 e. The summed E-state index contributed by atoms with van der Waals surface area (Å²) in [5.74, 6) is -2.43. The van der Waals surface area contributed by atoms with Crippen molar-refractivity contribution >= 4 is 23.3 Å². The van der Waals surface area contributed by atoms with Crippen molar-refractivity contribution in [3.63, 3.8) is 0 Å². The Balaban J connectivity index is 1.80. The maximum absolute atomic E-state index is 11.6. The first-order chi connectivity index (χ1) is 12.4. The van der Waals surface area contributed by atoms with Gasteiger partial charge in [0.25, 0.3) is 11.4 Å². The lowest BCUT2D eigenvalue weighted by Crippen LogP contribution is -2.20. The number of ether oxygens (including phenoxy) is 2. The van der Waals surface area contributed by atoms with E-state index in [1.165, 1.54) is 48.5 Å². The summed E-state index contributed by atoms with van der Waals surface area (Å²) in [7, 11) is 0. The summed E-state index contributed by atoms with van der Waals surface area (Å²) >= 11 is 0. The number of esters is 2. The van der Waals surface area contributed by atoms with Crippen molar-refractivity contribution < 1.29 is 28.9 Å². The van der Waals surface area contributed by atoms with Gasteiger partial charge in [-0.3, -0.25) is 20.2 Å². The number of rotatable bonds is 6. The first kappa shape index (κ1) is 18.5. The highest BCUT2D eigenvalue weighted by Crippen LogP contribution is 2.14. The zero-order valence-electron chi connectivity index (χ0n) is 13.2. The van der Waals surface area contributed by atoms with Gasteiger partial charge in [0.15, 0.2) is 0 Å². The fraction of sp³-hybridized carbons (Fsp3) is 0.125. The summed E-state index contributed by atoms with van der Waals surface area (Å²) in [5.41, 5.74) is 0.712. The Labute approximate surface area is 146 Å². The molecule has 0 N–H and O–H groups in total. The molecule has 0 amide bonds. The third kappa shape index (κ3) is 5.09. The highest BCUT2D eigenvalue weighted by Gasteiger charge is 2.18. The molecule has 26 heavy (non-hydrogen) atoms. The van der Waals surface area contributed by atoms with E-state index < -0.39 is 21.8 Å². The van der Waals surface area contributed by atoms with Gasteiger partial charge in [0, 0.05) is 24.3 Å². The molecule has 134 valence electrons. The lowest BCUT2D eigenvalue weighted by Gasteiger charge is -2.06. The summed E-state index contributed by atoms with van der Waals surface area (Å²) < 4.78 is 9.51. The SMILES string of the molecule is O=C(OCc1ccc([N+](=O)[O-])cc1)C(=O)OCc1ccc([N+](=O)[O-])cc1. The van der Waals surface area contributed by atoms with Crippen molar-refractivity contribution in [1.29, 1.82) is 0 Å². The standard InChI is InChI=1S/C16H12N2O8/c19-15(25-9-11-1-5-13(6-2-11)17(21)22)16(20)26-10-12-3-7-14(8-4-12)18(23)24/h1-8H,9-10H2. The van der Waals surface area contributed by atoms with E-state index in [1.54, 1.807) is 0 Å². The molecular formula is C16H12N2O8. The molecule has 0 fully saturated rings. The molecule has 0 aromatic heterocycles. The average molecular weight is 360 g/mol. The minimum atomic E-state index is -1.22. The molecule has 0 aliphatic rings. The van der Waals surface area contributed by atoms with E-state index >= 15 is 0 Å². The Morgan fingerprint density at radius 1 is 0.692 bits per heavy atom. The molecular weight excluding hydrogens is 348 g/mol.